The van der Waals surface area contributed by atoms with Crippen LogP contribution < -0.4 is 10.2 Å². The van der Waals surface area contributed by atoms with Crippen LogP contribution in [0.5, 0.6) is 0 Å². The smallest absolute Gasteiger partial charge is 0.270 e. The van der Waals surface area contributed by atoms with Crippen molar-refractivity contribution in [1.82, 2.24) is 10.3 Å². The van der Waals surface area contributed by atoms with Crippen molar-refractivity contribution in [2.75, 3.05) is 19.0 Å². The quantitative estimate of drug-likeness (QED) is 0.552. The summed E-state index contributed by atoms with van der Waals surface area (Å²) in [6.07, 6.45) is 0. The summed E-state index contributed by atoms with van der Waals surface area (Å²) in [5.74, 6) is -0.356. The summed E-state index contributed by atoms with van der Waals surface area (Å²) < 4.78 is 0. The Morgan fingerprint density at radius 2 is 1.96 bits per heavy atom. The standard InChI is InChI=1S/C18H18N4O3/c1-21(2)17-8-7-14(22(24)25)10-15(17)18(23)19-11-13-9-12-5-3-4-6-16(12)20-13/h3-10,20H,11H2,1-2H3,(H,19,23). The van der Waals surface area contributed by atoms with Crippen molar-refractivity contribution in [2.24, 2.45) is 0 Å². The van der Waals surface area contributed by atoms with E-state index >= 15 is 0 Å². The Morgan fingerprint density at radius 1 is 1.20 bits per heavy atom. The van der Waals surface area contributed by atoms with Crippen molar-refractivity contribution < 1.29 is 9.72 Å². The maximum Gasteiger partial charge on any atom is 0.270 e. The maximum atomic E-state index is 12.6. The summed E-state index contributed by atoms with van der Waals surface area (Å²) in [5.41, 5.74) is 2.65. The van der Waals surface area contributed by atoms with Gasteiger partial charge in [-0.05, 0) is 23.6 Å². The van der Waals surface area contributed by atoms with E-state index in [0.717, 1.165) is 16.6 Å². The molecule has 0 atom stereocenters. The van der Waals surface area contributed by atoms with Crippen molar-refractivity contribution in [3.63, 3.8) is 0 Å². The highest BCUT2D eigenvalue weighted by Gasteiger charge is 2.18. The van der Waals surface area contributed by atoms with Crippen LogP contribution in [0.1, 0.15) is 16.1 Å². The van der Waals surface area contributed by atoms with E-state index in [9.17, 15) is 14.9 Å². The van der Waals surface area contributed by atoms with Gasteiger partial charge in [-0.2, -0.15) is 0 Å². The summed E-state index contributed by atoms with van der Waals surface area (Å²) in [4.78, 5) is 28.0. The zero-order valence-corrected chi connectivity index (χ0v) is 13.9. The topological polar surface area (TPSA) is 91.3 Å². The third kappa shape index (κ3) is 3.45. The van der Waals surface area contributed by atoms with Crippen LogP contribution in [-0.4, -0.2) is 29.9 Å². The molecule has 0 saturated carbocycles. The van der Waals surface area contributed by atoms with E-state index in [2.05, 4.69) is 10.3 Å². The van der Waals surface area contributed by atoms with Gasteiger partial charge in [-0.15, -0.1) is 0 Å². The van der Waals surface area contributed by atoms with Gasteiger partial charge in [0.05, 0.1) is 17.0 Å². The molecule has 7 heteroatoms. The van der Waals surface area contributed by atoms with Crippen LogP contribution in [0.3, 0.4) is 0 Å². The van der Waals surface area contributed by atoms with E-state index in [1.54, 1.807) is 25.1 Å². The summed E-state index contributed by atoms with van der Waals surface area (Å²) in [5, 5.41) is 14.9. The fraction of sp³-hybridized carbons (Fsp3) is 0.167. The Kier molecular flexibility index (Phi) is 4.38. The van der Waals surface area contributed by atoms with Crippen LogP contribution in [0.4, 0.5) is 11.4 Å². The number of benzene rings is 2. The van der Waals surface area contributed by atoms with Crippen molar-refractivity contribution in [3.8, 4) is 0 Å². The number of non-ortho nitro benzene ring substituents is 1. The predicted molar refractivity (Wildman–Crippen MR) is 96.9 cm³/mol. The van der Waals surface area contributed by atoms with Crippen molar-refractivity contribution in [2.45, 2.75) is 6.54 Å². The average molecular weight is 338 g/mol. The molecular formula is C18H18N4O3. The molecule has 0 radical (unpaired) electrons. The molecule has 128 valence electrons. The highest BCUT2D eigenvalue weighted by atomic mass is 16.6. The number of hydrogen-bond acceptors (Lipinski definition) is 4. The average Bonchev–Trinajstić information content (AvgIpc) is 3.01. The Labute approximate surface area is 144 Å². The van der Waals surface area contributed by atoms with Crippen LogP contribution in [0, 0.1) is 10.1 Å². The van der Waals surface area contributed by atoms with Crippen molar-refractivity contribution in [3.05, 3.63) is 69.9 Å². The van der Waals surface area contributed by atoms with Gasteiger partial charge in [-0.1, -0.05) is 18.2 Å². The van der Waals surface area contributed by atoms with Gasteiger partial charge in [0.15, 0.2) is 0 Å². The summed E-state index contributed by atoms with van der Waals surface area (Å²) in [6.45, 7) is 0.309. The highest BCUT2D eigenvalue weighted by Crippen LogP contribution is 2.24. The minimum atomic E-state index is -0.506. The number of para-hydroxylation sites is 1. The van der Waals surface area contributed by atoms with E-state index in [1.807, 2.05) is 30.3 Å². The fourth-order valence-electron chi connectivity index (χ4n) is 2.71. The minimum Gasteiger partial charge on any atom is -0.377 e. The largest absolute Gasteiger partial charge is 0.377 e. The van der Waals surface area contributed by atoms with E-state index in [1.165, 1.54) is 12.1 Å². The van der Waals surface area contributed by atoms with Gasteiger partial charge in [-0.3, -0.25) is 14.9 Å². The van der Waals surface area contributed by atoms with E-state index in [0.29, 0.717) is 12.2 Å². The number of nitro benzene ring substituents is 1. The number of aromatic nitrogens is 1. The molecule has 0 bridgehead atoms. The number of hydrogen-bond donors (Lipinski definition) is 2. The Bertz CT molecular complexity index is 913. The SMILES string of the molecule is CN(C)c1ccc([N+](=O)[O-])cc1C(=O)NCc1cc2ccccc2[nH]1. The predicted octanol–water partition coefficient (Wildman–Crippen LogP) is 3.07. The van der Waals surface area contributed by atoms with Crippen LogP contribution in [-0.2, 0) is 6.54 Å². The lowest BCUT2D eigenvalue weighted by Gasteiger charge is -2.16. The van der Waals surface area contributed by atoms with Crippen LogP contribution >= 0.6 is 0 Å². The molecule has 0 saturated heterocycles. The zero-order valence-electron chi connectivity index (χ0n) is 13.9. The Hall–Kier alpha value is -3.35. The fourth-order valence-corrected chi connectivity index (χ4v) is 2.71. The number of nitrogens with zero attached hydrogens (tertiary/aromatic N) is 2. The third-order valence-electron chi connectivity index (χ3n) is 3.94. The molecule has 0 unspecified atom stereocenters. The van der Waals surface area contributed by atoms with E-state index in [4.69, 9.17) is 0 Å². The maximum absolute atomic E-state index is 12.6. The number of aromatic amines is 1. The normalized spacial score (nSPS) is 10.6. The van der Waals surface area contributed by atoms with Crippen LogP contribution in [0.25, 0.3) is 10.9 Å². The van der Waals surface area contributed by atoms with E-state index < -0.39 is 4.92 Å². The van der Waals surface area contributed by atoms with Gasteiger partial charge in [0.2, 0.25) is 0 Å². The second-order valence-electron chi connectivity index (χ2n) is 5.92. The first kappa shape index (κ1) is 16.5. The first-order valence-electron chi connectivity index (χ1n) is 7.76. The van der Waals surface area contributed by atoms with Gasteiger partial charge < -0.3 is 15.2 Å². The summed E-state index contributed by atoms with van der Waals surface area (Å²) in [6, 6.07) is 14.1. The van der Waals surface area contributed by atoms with Gasteiger partial charge in [-0.25, -0.2) is 0 Å². The molecule has 25 heavy (non-hydrogen) atoms. The number of carbonyl (C=O) groups is 1. The summed E-state index contributed by atoms with van der Waals surface area (Å²) >= 11 is 0. The van der Waals surface area contributed by atoms with Crippen LogP contribution in [0.15, 0.2) is 48.5 Å². The number of rotatable bonds is 5. The lowest BCUT2D eigenvalue weighted by atomic mass is 10.1. The molecule has 1 aromatic heterocycles. The molecule has 0 aliphatic carbocycles. The number of nitro groups is 1. The molecular weight excluding hydrogens is 320 g/mol. The second-order valence-corrected chi connectivity index (χ2v) is 5.92. The molecule has 7 nitrogen and oxygen atoms in total. The van der Waals surface area contributed by atoms with Crippen molar-refractivity contribution >= 4 is 28.2 Å². The number of fused-ring (bicyclic) bond motifs is 1. The first-order valence-corrected chi connectivity index (χ1v) is 7.76. The number of amides is 1. The van der Waals surface area contributed by atoms with Crippen molar-refractivity contribution in [1.29, 1.82) is 0 Å². The monoisotopic (exact) mass is 338 g/mol. The van der Waals surface area contributed by atoms with Gasteiger partial charge in [0.1, 0.15) is 0 Å². The molecule has 1 amide bonds. The lowest BCUT2D eigenvalue weighted by molar-refractivity contribution is -0.384. The molecule has 2 aromatic carbocycles. The molecule has 0 aliphatic heterocycles. The number of H-pyrrole nitrogens is 1. The van der Waals surface area contributed by atoms with Gasteiger partial charge in [0.25, 0.3) is 11.6 Å². The number of nitrogens with one attached hydrogen (secondary N) is 2. The van der Waals surface area contributed by atoms with E-state index in [-0.39, 0.29) is 17.2 Å². The minimum absolute atomic E-state index is 0.110. The zero-order chi connectivity index (χ0) is 18.0. The number of carbonyl (C=O) groups excluding carboxylic acids is 1. The van der Waals surface area contributed by atoms with Gasteiger partial charge >= 0.3 is 0 Å². The third-order valence-corrected chi connectivity index (χ3v) is 3.94. The van der Waals surface area contributed by atoms with Crippen LogP contribution in [0.2, 0.25) is 0 Å². The van der Waals surface area contributed by atoms with Gasteiger partial charge in [0, 0.05) is 43.1 Å². The molecule has 1 heterocycles. The first-order chi connectivity index (χ1) is 12.0. The Balaban J connectivity index is 1.82. The highest BCUT2D eigenvalue weighted by molar-refractivity contribution is 6.00. The molecule has 0 fully saturated rings. The summed E-state index contributed by atoms with van der Waals surface area (Å²) in [7, 11) is 3.57. The number of anilines is 1. The second kappa shape index (κ2) is 6.64. The molecule has 3 rings (SSSR count). The molecule has 0 spiro atoms. The molecule has 0 aliphatic rings. The molecule has 2 N–H and O–H groups in total. The Morgan fingerprint density at radius 3 is 2.64 bits per heavy atom. The lowest BCUT2D eigenvalue weighted by Crippen LogP contribution is -2.25. The molecule has 3 aromatic rings.